The van der Waals surface area contributed by atoms with E-state index in [4.69, 9.17) is 0 Å². The maximum Gasteiger partial charge on any atom is 0.323 e. The fraction of sp³-hybridized carbons (Fsp3) is 0.188. The number of fused-ring (bicyclic) bond motifs is 1. The highest BCUT2D eigenvalue weighted by molar-refractivity contribution is 9.10. The zero-order valence-electron chi connectivity index (χ0n) is 11.8. The van der Waals surface area contributed by atoms with Gasteiger partial charge in [-0.2, -0.15) is 0 Å². The molecule has 3 rings (SSSR count). The molecule has 0 spiro atoms. The summed E-state index contributed by atoms with van der Waals surface area (Å²) in [6.45, 7) is 4.16. The number of H-pyrrole nitrogens is 2. The number of imidazole rings is 1. The Labute approximate surface area is 130 Å². The Kier molecular flexibility index (Phi) is 3.59. The number of benzene rings is 2. The summed E-state index contributed by atoms with van der Waals surface area (Å²) in [5.41, 5.74) is 4.87. The van der Waals surface area contributed by atoms with Crippen molar-refractivity contribution in [2.45, 2.75) is 19.9 Å². The number of anilines is 1. The van der Waals surface area contributed by atoms with Crippen molar-refractivity contribution >= 4 is 32.7 Å². The van der Waals surface area contributed by atoms with E-state index in [0.29, 0.717) is 0 Å². The maximum atomic E-state index is 11.3. The molecule has 1 aromatic heterocycles. The van der Waals surface area contributed by atoms with Gasteiger partial charge in [0, 0.05) is 16.2 Å². The second kappa shape index (κ2) is 5.41. The van der Waals surface area contributed by atoms with Crippen molar-refractivity contribution in [1.29, 1.82) is 0 Å². The van der Waals surface area contributed by atoms with E-state index in [1.807, 2.05) is 18.2 Å². The van der Waals surface area contributed by atoms with Crippen LogP contribution in [0.4, 0.5) is 5.69 Å². The van der Waals surface area contributed by atoms with Gasteiger partial charge in [0.1, 0.15) is 0 Å². The summed E-state index contributed by atoms with van der Waals surface area (Å²) in [5.74, 6) is 0. The number of aromatic nitrogens is 2. The van der Waals surface area contributed by atoms with Crippen LogP contribution < -0.4 is 11.0 Å². The van der Waals surface area contributed by atoms with Crippen LogP contribution in [0.1, 0.15) is 24.1 Å². The third-order valence-electron chi connectivity index (χ3n) is 3.60. The molecule has 0 aliphatic carbocycles. The van der Waals surface area contributed by atoms with Gasteiger partial charge in [0.05, 0.1) is 11.0 Å². The number of rotatable bonds is 3. The number of halogens is 1. The van der Waals surface area contributed by atoms with E-state index in [1.165, 1.54) is 5.56 Å². The van der Waals surface area contributed by atoms with Crippen LogP contribution in [-0.2, 0) is 0 Å². The minimum Gasteiger partial charge on any atom is -0.378 e. The molecule has 0 bridgehead atoms. The molecular formula is C16H16BrN3O. The Hall–Kier alpha value is -2.01. The minimum absolute atomic E-state index is 0.141. The fourth-order valence-corrected chi connectivity index (χ4v) is 2.71. The Morgan fingerprint density at radius 2 is 1.86 bits per heavy atom. The third-order valence-corrected chi connectivity index (χ3v) is 4.45. The number of hydrogen-bond acceptors (Lipinski definition) is 2. The molecule has 5 heteroatoms. The van der Waals surface area contributed by atoms with E-state index in [9.17, 15) is 4.79 Å². The van der Waals surface area contributed by atoms with Crippen LogP contribution in [0.5, 0.6) is 0 Å². The topological polar surface area (TPSA) is 60.7 Å². The first kappa shape index (κ1) is 13.9. The summed E-state index contributed by atoms with van der Waals surface area (Å²) in [5, 5.41) is 3.47. The van der Waals surface area contributed by atoms with Gasteiger partial charge in [0.2, 0.25) is 0 Å². The summed E-state index contributed by atoms with van der Waals surface area (Å²) in [4.78, 5) is 16.8. The quantitative estimate of drug-likeness (QED) is 0.669. The van der Waals surface area contributed by atoms with Gasteiger partial charge >= 0.3 is 5.69 Å². The van der Waals surface area contributed by atoms with Crippen LogP contribution >= 0.6 is 15.9 Å². The van der Waals surface area contributed by atoms with E-state index in [-0.39, 0.29) is 11.7 Å². The Bertz CT molecular complexity index is 850. The first-order valence-electron chi connectivity index (χ1n) is 6.77. The third kappa shape index (κ3) is 2.88. The average molecular weight is 346 g/mol. The highest BCUT2D eigenvalue weighted by Gasteiger charge is 2.08. The molecule has 3 N–H and O–H groups in total. The number of aromatic amines is 2. The van der Waals surface area contributed by atoms with Crippen LogP contribution in [0.25, 0.3) is 11.0 Å². The molecule has 0 radical (unpaired) electrons. The molecule has 21 heavy (non-hydrogen) atoms. The van der Waals surface area contributed by atoms with E-state index in [0.717, 1.165) is 26.8 Å². The van der Waals surface area contributed by atoms with Crippen molar-refractivity contribution in [2.75, 3.05) is 5.32 Å². The maximum absolute atomic E-state index is 11.3. The van der Waals surface area contributed by atoms with Gasteiger partial charge in [0.25, 0.3) is 0 Å². The van der Waals surface area contributed by atoms with E-state index in [2.05, 4.69) is 63.3 Å². The zero-order chi connectivity index (χ0) is 15.0. The van der Waals surface area contributed by atoms with Gasteiger partial charge < -0.3 is 15.3 Å². The predicted octanol–water partition coefficient (Wildman–Crippen LogP) is 4.10. The Morgan fingerprint density at radius 1 is 1.10 bits per heavy atom. The van der Waals surface area contributed by atoms with Gasteiger partial charge in [0.15, 0.2) is 0 Å². The molecule has 3 aromatic rings. The molecule has 1 unspecified atom stereocenters. The number of hydrogen-bond donors (Lipinski definition) is 3. The van der Waals surface area contributed by atoms with Gasteiger partial charge in [-0.15, -0.1) is 0 Å². The standard InChI is InChI=1S/C16H16BrN3O/c1-9-3-5-12(8-13(9)17)18-10(2)11-4-6-14-15(7-11)20-16(21)19-14/h3-8,10,18H,1-2H3,(H2,19,20,21). The van der Waals surface area contributed by atoms with E-state index >= 15 is 0 Å². The van der Waals surface area contributed by atoms with E-state index in [1.54, 1.807) is 0 Å². The Balaban J connectivity index is 1.87. The molecule has 4 nitrogen and oxygen atoms in total. The lowest BCUT2D eigenvalue weighted by molar-refractivity contribution is 0.886. The monoisotopic (exact) mass is 345 g/mol. The smallest absolute Gasteiger partial charge is 0.323 e. The summed E-state index contributed by atoms with van der Waals surface area (Å²) >= 11 is 3.54. The highest BCUT2D eigenvalue weighted by atomic mass is 79.9. The largest absolute Gasteiger partial charge is 0.378 e. The number of aryl methyl sites for hydroxylation is 1. The van der Waals surface area contributed by atoms with E-state index < -0.39 is 0 Å². The molecule has 0 saturated heterocycles. The average Bonchev–Trinajstić information content (AvgIpc) is 2.82. The lowest BCUT2D eigenvalue weighted by Gasteiger charge is -2.16. The van der Waals surface area contributed by atoms with Crippen molar-refractivity contribution in [2.24, 2.45) is 0 Å². The first-order chi connectivity index (χ1) is 10.0. The molecule has 2 aromatic carbocycles. The van der Waals surface area contributed by atoms with Gasteiger partial charge in [-0.3, -0.25) is 0 Å². The molecule has 0 amide bonds. The lowest BCUT2D eigenvalue weighted by Crippen LogP contribution is -2.06. The SMILES string of the molecule is Cc1ccc(NC(C)c2ccc3[nH]c(=O)[nH]c3c2)cc1Br. The lowest BCUT2D eigenvalue weighted by atomic mass is 10.1. The normalized spacial score (nSPS) is 12.5. The van der Waals surface area contributed by atoms with Crippen LogP contribution in [0.3, 0.4) is 0 Å². The summed E-state index contributed by atoms with van der Waals surface area (Å²) in [6.07, 6.45) is 0. The predicted molar refractivity (Wildman–Crippen MR) is 89.8 cm³/mol. The molecule has 0 saturated carbocycles. The molecule has 1 atom stereocenters. The zero-order valence-corrected chi connectivity index (χ0v) is 13.4. The molecule has 1 heterocycles. The minimum atomic E-state index is -0.176. The molecule has 0 fully saturated rings. The fourth-order valence-electron chi connectivity index (χ4n) is 2.34. The summed E-state index contributed by atoms with van der Waals surface area (Å²) < 4.78 is 1.09. The summed E-state index contributed by atoms with van der Waals surface area (Å²) in [6, 6.07) is 12.3. The van der Waals surface area contributed by atoms with Crippen molar-refractivity contribution < 1.29 is 0 Å². The van der Waals surface area contributed by atoms with Crippen molar-refractivity contribution in [1.82, 2.24) is 9.97 Å². The summed E-state index contributed by atoms with van der Waals surface area (Å²) in [7, 11) is 0. The second-order valence-corrected chi connectivity index (χ2v) is 6.07. The molecular weight excluding hydrogens is 330 g/mol. The van der Waals surface area contributed by atoms with Crippen LogP contribution in [0.2, 0.25) is 0 Å². The van der Waals surface area contributed by atoms with Crippen LogP contribution in [0, 0.1) is 6.92 Å². The second-order valence-electron chi connectivity index (χ2n) is 5.21. The van der Waals surface area contributed by atoms with Crippen molar-refractivity contribution in [3.05, 3.63) is 62.5 Å². The Morgan fingerprint density at radius 3 is 2.62 bits per heavy atom. The molecule has 108 valence electrons. The van der Waals surface area contributed by atoms with Crippen LogP contribution in [0.15, 0.2) is 45.7 Å². The van der Waals surface area contributed by atoms with Gasteiger partial charge in [-0.05, 0) is 49.2 Å². The molecule has 0 aliphatic rings. The van der Waals surface area contributed by atoms with Crippen molar-refractivity contribution in [3.8, 4) is 0 Å². The van der Waals surface area contributed by atoms with Gasteiger partial charge in [-0.25, -0.2) is 4.79 Å². The highest BCUT2D eigenvalue weighted by Crippen LogP contribution is 2.25. The van der Waals surface area contributed by atoms with Crippen molar-refractivity contribution in [3.63, 3.8) is 0 Å². The molecule has 0 aliphatic heterocycles. The van der Waals surface area contributed by atoms with Gasteiger partial charge in [-0.1, -0.05) is 28.1 Å². The first-order valence-corrected chi connectivity index (χ1v) is 7.57. The number of nitrogens with one attached hydrogen (secondary N) is 3. The van der Waals surface area contributed by atoms with Crippen LogP contribution in [-0.4, -0.2) is 9.97 Å².